The second-order valence-electron chi connectivity index (χ2n) is 5.42. The van der Waals surface area contributed by atoms with Crippen LogP contribution in [0.2, 0.25) is 0 Å². The van der Waals surface area contributed by atoms with Crippen molar-refractivity contribution in [2.45, 2.75) is 51.0 Å². The molecule has 0 aliphatic heterocycles. The summed E-state index contributed by atoms with van der Waals surface area (Å²) in [7, 11) is 1.31. The van der Waals surface area contributed by atoms with E-state index in [9.17, 15) is 9.59 Å². The number of esters is 1. The Bertz CT molecular complexity index is 507. The minimum absolute atomic E-state index is 0.207. The van der Waals surface area contributed by atoms with Crippen molar-refractivity contribution in [1.82, 2.24) is 10.5 Å². The highest BCUT2D eigenvalue weighted by Crippen LogP contribution is 2.40. The van der Waals surface area contributed by atoms with E-state index in [0.29, 0.717) is 12.3 Å². The van der Waals surface area contributed by atoms with Gasteiger partial charge in [-0.1, -0.05) is 18.5 Å². The molecule has 0 bridgehead atoms. The highest BCUT2D eigenvalue weighted by atomic mass is 16.5. The summed E-state index contributed by atoms with van der Waals surface area (Å²) in [5, 5.41) is 6.47. The molecule has 1 aromatic heterocycles. The zero-order valence-electron chi connectivity index (χ0n) is 12.1. The standard InChI is InChI=1S/C14H20N2O4/c1-4-7-14(2,13(18)19-3)15-12(17)10-8-11(20-16-10)9-5-6-9/h8-9H,4-7H2,1-3H3,(H,15,17). The molecule has 1 heterocycles. The Kier molecular flexibility index (Phi) is 4.11. The highest BCUT2D eigenvalue weighted by molar-refractivity contribution is 5.96. The van der Waals surface area contributed by atoms with Gasteiger partial charge in [-0.3, -0.25) is 4.79 Å². The summed E-state index contributed by atoms with van der Waals surface area (Å²) in [6, 6.07) is 1.65. The van der Waals surface area contributed by atoms with Crippen LogP contribution in [-0.2, 0) is 9.53 Å². The quantitative estimate of drug-likeness (QED) is 0.806. The lowest BCUT2D eigenvalue weighted by Gasteiger charge is -2.26. The molecule has 0 radical (unpaired) electrons. The molecule has 6 nitrogen and oxygen atoms in total. The molecule has 1 fully saturated rings. The SMILES string of the molecule is CCCC(C)(NC(=O)c1cc(C2CC2)on1)C(=O)OC. The summed E-state index contributed by atoms with van der Waals surface area (Å²) in [6.45, 7) is 3.59. The molecule has 1 atom stereocenters. The van der Waals surface area contributed by atoms with Crippen LogP contribution in [-0.4, -0.2) is 29.7 Å². The fraction of sp³-hybridized carbons (Fsp3) is 0.643. The van der Waals surface area contributed by atoms with Gasteiger partial charge in [0.25, 0.3) is 5.91 Å². The number of nitrogens with zero attached hydrogens (tertiary/aromatic N) is 1. The monoisotopic (exact) mass is 280 g/mol. The normalized spacial score (nSPS) is 17.4. The molecule has 1 N–H and O–H groups in total. The Morgan fingerprint density at radius 1 is 1.55 bits per heavy atom. The summed E-state index contributed by atoms with van der Waals surface area (Å²) in [5.41, 5.74) is -0.836. The van der Waals surface area contributed by atoms with Crippen molar-refractivity contribution in [2.75, 3.05) is 7.11 Å². The minimum Gasteiger partial charge on any atom is -0.467 e. The van der Waals surface area contributed by atoms with E-state index in [-0.39, 0.29) is 5.69 Å². The number of nitrogens with one attached hydrogen (secondary N) is 1. The van der Waals surface area contributed by atoms with Crippen LogP contribution in [0.4, 0.5) is 0 Å². The number of hydrogen-bond acceptors (Lipinski definition) is 5. The Hall–Kier alpha value is -1.85. The van der Waals surface area contributed by atoms with Gasteiger partial charge in [-0.2, -0.15) is 0 Å². The maximum atomic E-state index is 12.2. The molecule has 20 heavy (non-hydrogen) atoms. The molecule has 1 aliphatic carbocycles. The van der Waals surface area contributed by atoms with Crippen molar-refractivity contribution in [3.63, 3.8) is 0 Å². The number of ether oxygens (including phenoxy) is 1. The zero-order valence-corrected chi connectivity index (χ0v) is 12.1. The van der Waals surface area contributed by atoms with Crippen LogP contribution in [0, 0.1) is 0 Å². The van der Waals surface area contributed by atoms with Crippen LogP contribution in [0.3, 0.4) is 0 Å². The van der Waals surface area contributed by atoms with E-state index < -0.39 is 17.4 Å². The van der Waals surface area contributed by atoms with Crippen LogP contribution >= 0.6 is 0 Å². The number of hydrogen-bond donors (Lipinski definition) is 1. The van der Waals surface area contributed by atoms with Crippen molar-refractivity contribution in [3.8, 4) is 0 Å². The van der Waals surface area contributed by atoms with Gasteiger partial charge in [0.05, 0.1) is 7.11 Å². The van der Waals surface area contributed by atoms with Gasteiger partial charge in [-0.15, -0.1) is 0 Å². The fourth-order valence-corrected chi connectivity index (χ4v) is 2.21. The molecule has 1 saturated carbocycles. The number of rotatable bonds is 6. The van der Waals surface area contributed by atoms with Crippen molar-refractivity contribution in [1.29, 1.82) is 0 Å². The number of aromatic nitrogens is 1. The third-order valence-corrected chi connectivity index (χ3v) is 3.52. The van der Waals surface area contributed by atoms with Crippen LogP contribution < -0.4 is 5.32 Å². The van der Waals surface area contributed by atoms with E-state index in [1.807, 2.05) is 6.92 Å². The van der Waals surface area contributed by atoms with Crippen molar-refractivity contribution < 1.29 is 18.8 Å². The molecule has 0 aromatic carbocycles. The lowest BCUT2D eigenvalue weighted by molar-refractivity contribution is -0.147. The van der Waals surface area contributed by atoms with E-state index >= 15 is 0 Å². The Labute approximate surface area is 117 Å². The number of amides is 1. The topological polar surface area (TPSA) is 81.4 Å². The van der Waals surface area contributed by atoms with E-state index in [0.717, 1.165) is 25.0 Å². The molecule has 1 unspecified atom stereocenters. The van der Waals surface area contributed by atoms with E-state index in [1.165, 1.54) is 7.11 Å². The van der Waals surface area contributed by atoms with Crippen LogP contribution in [0.1, 0.15) is 61.7 Å². The molecule has 1 amide bonds. The van der Waals surface area contributed by atoms with Crippen LogP contribution in [0.25, 0.3) is 0 Å². The molecule has 110 valence electrons. The Morgan fingerprint density at radius 3 is 2.80 bits per heavy atom. The van der Waals surface area contributed by atoms with Crippen molar-refractivity contribution >= 4 is 11.9 Å². The Balaban J connectivity index is 2.08. The summed E-state index contributed by atoms with van der Waals surface area (Å²) in [6.07, 6.45) is 3.40. The van der Waals surface area contributed by atoms with Gasteiger partial charge in [0.15, 0.2) is 5.69 Å². The first-order valence-electron chi connectivity index (χ1n) is 6.87. The highest BCUT2D eigenvalue weighted by Gasteiger charge is 2.36. The summed E-state index contributed by atoms with van der Waals surface area (Å²) in [5.74, 6) is 0.262. The third-order valence-electron chi connectivity index (χ3n) is 3.52. The number of carbonyl (C=O) groups is 2. The average molecular weight is 280 g/mol. The Morgan fingerprint density at radius 2 is 2.25 bits per heavy atom. The molecule has 6 heteroatoms. The molecule has 1 aromatic rings. The van der Waals surface area contributed by atoms with Crippen molar-refractivity contribution in [2.24, 2.45) is 0 Å². The predicted octanol–water partition coefficient (Wildman–Crippen LogP) is 2.01. The van der Waals surface area contributed by atoms with Gasteiger partial charge in [0, 0.05) is 12.0 Å². The molecule has 2 rings (SSSR count). The smallest absolute Gasteiger partial charge is 0.331 e. The molecular formula is C14H20N2O4. The molecule has 0 spiro atoms. The van der Waals surface area contributed by atoms with Gasteiger partial charge in [-0.25, -0.2) is 4.79 Å². The minimum atomic E-state index is -1.04. The molecule has 1 aliphatic rings. The third kappa shape index (κ3) is 3.00. The van der Waals surface area contributed by atoms with Gasteiger partial charge in [-0.05, 0) is 26.2 Å². The maximum Gasteiger partial charge on any atom is 0.331 e. The zero-order chi connectivity index (χ0) is 14.8. The van der Waals surface area contributed by atoms with Crippen LogP contribution in [0.15, 0.2) is 10.6 Å². The maximum absolute atomic E-state index is 12.2. The summed E-state index contributed by atoms with van der Waals surface area (Å²) >= 11 is 0. The first-order chi connectivity index (χ1) is 9.50. The average Bonchev–Trinajstić information content (AvgIpc) is 3.15. The summed E-state index contributed by atoms with van der Waals surface area (Å²) < 4.78 is 9.90. The lowest BCUT2D eigenvalue weighted by atomic mass is 9.96. The van der Waals surface area contributed by atoms with E-state index in [4.69, 9.17) is 9.26 Å². The number of carbonyl (C=O) groups excluding carboxylic acids is 2. The van der Waals surface area contributed by atoms with E-state index in [1.54, 1.807) is 13.0 Å². The first-order valence-corrected chi connectivity index (χ1v) is 6.87. The number of methoxy groups -OCH3 is 1. The fourth-order valence-electron chi connectivity index (χ4n) is 2.21. The second-order valence-corrected chi connectivity index (χ2v) is 5.42. The second kappa shape index (κ2) is 5.64. The molecular weight excluding hydrogens is 260 g/mol. The van der Waals surface area contributed by atoms with Gasteiger partial charge < -0.3 is 14.6 Å². The first kappa shape index (κ1) is 14.6. The largest absolute Gasteiger partial charge is 0.467 e. The van der Waals surface area contributed by atoms with Gasteiger partial charge in [0.1, 0.15) is 11.3 Å². The van der Waals surface area contributed by atoms with E-state index in [2.05, 4.69) is 10.5 Å². The van der Waals surface area contributed by atoms with Gasteiger partial charge >= 0.3 is 5.97 Å². The van der Waals surface area contributed by atoms with Gasteiger partial charge in [0.2, 0.25) is 0 Å². The summed E-state index contributed by atoms with van der Waals surface area (Å²) in [4.78, 5) is 24.0. The lowest BCUT2D eigenvalue weighted by Crippen LogP contribution is -2.52. The molecule has 0 saturated heterocycles. The predicted molar refractivity (Wildman–Crippen MR) is 71.3 cm³/mol. The van der Waals surface area contributed by atoms with Crippen LogP contribution in [0.5, 0.6) is 0 Å². The van der Waals surface area contributed by atoms with Crippen molar-refractivity contribution in [3.05, 3.63) is 17.5 Å².